The maximum atomic E-state index is 12.3. The average Bonchev–Trinajstić information content (AvgIpc) is 2.64. The Morgan fingerprint density at radius 2 is 1.29 bits per heavy atom. The first kappa shape index (κ1) is 18.3. The van der Waals surface area contributed by atoms with Crippen LogP contribution in [0.25, 0.3) is 0 Å². The predicted molar refractivity (Wildman–Crippen MR) is 98.8 cm³/mol. The molecule has 0 unspecified atom stereocenters. The third-order valence-electron chi connectivity index (χ3n) is 4.19. The zero-order chi connectivity index (χ0) is 17.0. The first-order valence-electron chi connectivity index (χ1n) is 9.10. The fourth-order valence-corrected chi connectivity index (χ4v) is 2.82. The van der Waals surface area contributed by atoms with Crippen LogP contribution in [0, 0.1) is 0 Å². The molecule has 0 aliphatic heterocycles. The lowest BCUT2D eigenvalue weighted by molar-refractivity contribution is -0.147. The summed E-state index contributed by atoms with van der Waals surface area (Å²) in [6.45, 7) is 2.21. The number of rotatable bonds is 10. The zero-order valence-corrected chi connectivity index (χ0v) is 14.6. The van der Waals surface area contributed by atoms with Gasteiger partial charge in [-0.25, -0.2) is 0 Å². The first-order chi connectivity index (χ1) is 11.8. The Morgan fingerprint density at radius 1 is 0.792 bits per heavy atom. The van der Waals surface area contributed by atoms with E-state index in [-0.39, 0.29) is 12.1 Å². The SMILES string of the molecule is CCCCCCCCC(=O)OC(c1ccccc1)c1ccccc1. The number of ether oxygens (including phenoxy) is 1. The Bertz CT molecular complexity index is 538. The molecule has 0 fully saturated rings. The number of carbonyl (C=O) groups is 1. The van der Waals surface area contributed by atoms with Gasteiger partial charge in [-0.3, -0.25) is 4.79 Å². The van der Waals surface area contributed by atoms with Crippen molar-refractivity contribution < 1.29 is 9.53 Å². The second-order valence-electron chi connectivity index (χ2n) is 6.21. The van der Waals surface area contributed by atoms with E-state index in [2.05, 4.69) is 6.92 Å². The molecule has 0 saturated carbocycles. The summed E-state index contributed by atoms with van der Waals surface area (Å²) < 4.78 is 5.81. The number of benzene rings is 2. The molecule has 2 nitrogen and oxygen atoms in total. The molecule has 2 aromatic carbocycles. The van der Waals surface area contributed by atoms with Crippen LogP contribution in [-0.2, 0) is 9.53 Å². The third kappa shape index (κ3) is 6.19. The van der Waals surface area contributed by atoms with Gasteiger partial charge in [0.15, 0.2) is 6.10 Å². The summed E-state index contributed by atoms with van der Waals surface area (Å²) in [5.74, 6) is -0.108. The van der Waals surface area contributed by atoms with Gasteiger partial charge in [-0.15, -0.1) is 0 Å². The molecule has 2 rings (SSSR count). The highest BCUT2D eigenvalue weighted by Gasteiger charge is 2.18. The smallest absolute Gasteiger partial charge is 0.306 e. The first-order valence-corrected chi connectivity index (χ1v) is 9.10. The van der Waals surface area contributed by atoms with E-state index in [1.54, 1.807) is 0 Å². The largest absolute Gasteiger partial charge is 0.453 e. The number of hydrogen-bond acceptors (Lipinski definition) is 2. The van der Waals surface area contributed by atoms with Crippen molar-refractivity contribution in [2.45, 2.75) is 58.0 Å². The van der Waals surface area contributed by atoms with E-state index in [0.29, 0.717) is 6.42 Å². The molecular formula is C22H28O2. The van der Waals surface area contributed by atoms with E-state index >= 15 is 0 Å². The Kier molecular flexibility index (Phi) is 8.09. The van der Waals surface area contributed by atoms with Crippen LogP contribution in [0.1, 0.15) is 69.1 Å². The molecule has 0 saturated heterocycles. The minimum Gasteiger partial charge on any atom is -0.453 e. The number of hydrogen-bond donors (Lipinski definition) is 0. The van der Waals surface area contributed by atoms with Gasteiger partial charge in [-0.2, -0.15) is 0 Å². The fraction of sp³-hybridized carbons (Fsp3) is 0.409. The molecule has 0 atom stereocenters. The molecular weight excluding hydrogens is 296 g/mol. The highest BCUT2D eigenvalue weighted by molar-refractivity contribution is 5.70. The van der Waals surface area contributed by atoms with Gasteiger partial charge in [0.05, 0.1) is 0 Å². The Labute approximate surface area is 145 Å². The molecule has 24 heavy (non-hydrogen) atoms. The van der Waals surface area contributed by atoms with Crippen LogP contribution in [0.4, 0.5) is 0 Å². The van der Waals surface area contributed by atoms with Crippen LogP contribution >= 0.6 is 0 Å². The molecule has 2 aromatic rings. The van der Waals surface area contributed by atoms with Gasteiger partial charge >= 0.3 is 5.97 Å². The molecule has 0 aliphatic rings. The van der Waals surface area contributed by atoms with Gasteiger partial charge < -0.3 is 4.74 Å². The summed E-state index contributed by atoms with van der Waals surface area (Å²) in [7, 11) is 0. The van der Waals surface area contributed by atoms with E-state index in [0.717, 1.165) is 24.0 Å². The summed E-state index contributed by atoms with van der Waals surface area (Å²) in [5.41, 5.74) is 2.03. The predicted octanol–water partition coefficient (Wildman–Crippen LogP) is 6.07. The second-order valence-corrected chi connectivity index (χ2v) is 6.21. The highest BCUT2D eigenvalue weighted by Crippen LogP contribution is 2.26. The van der Waals surface area contributed by atoms with Crippen molar-refractivity contribution in [1.82, 2.24) is 0 Å². The maximum Gasteiger partial charge on any atom is 0.306 e. The van der Waals surface area contributed by atoms with E-state index in [1.165, 1.54) is 25.7 Å². The maximum absolute atomic E-state index is 12.3. The monoisotopic (exact) mass is 324 g/mol. The van der Waals surface area contributed by atoms with Crippen molar-refractivity contribution in [1.29, 1.82) is 0 Å². The van der Waals surface area contributed by atoms with E-state index in [9.17, 15) is 4.79 Å². The standard InChI is InChI=1S/C22H28O2/c1-2-3-4-5-6-13-18-21(23)24-22(19-14-9-7-10-15-19)20-16-11-8-12-17-20/h7-12,14-17,22H,2-6,13,18H2,1H3. The van der Waals surface area contributed by atoms with Gasteiger partial charge in [0, 0.05) is 6.42 Å². The van der Waals surface area contributed by atoms with Gasteiger partial charge in [0.2, 0.25) is 0 Å². The quantitative estimate of drug-likeness (QED) is 0.391. The topological polar surface area (TPSA) is 26.3 Å². The lowest BCUT2D eigenvalue weighted by atomic mass is 10.0. The van der Waals surface area contributed by atoms with Crippen molar-refractivity contribution >= 4 is 5.97 Å². The number of esters is 1. The van der Waals surface area contributed by atoms with Crippen LogP contribution in [0.3, 0.4) is 0 Å². The van der Waals surface area contributed by atoms with Crippen LogP contribution in [0.2, 0.25) is 0 Å². The van der Waals surface area contributed by atoms with Gasteiger partial charge in [-0.1, -0.05) is 99.7 Å². The van der Waals surface area contributed by atoms with E-state index in [4.69, 9.17) is 4.74 Å². The molecule has 0 bridgehead atoms. The van der Waals surface area contributed by atoms with Gasteiger partial charge in [0.1, 0.15) is 0 Å². The lowest BCUT2D eigenvalue weighted by Gasteiger charge is -2.19. The van der Waals surface area contributed by atoms with Crippen LogP contribution in [0.15, 0.2) is 60.7 Å². The zero-order valence-electron chi connectivity index (χ0n) is 14.6. The Morgan fingerprint density at radius 3 is 1.83 bits per heavy atom. The molecule has 0 heterocycles. The van der Waals surface area contributed by atoms with Crippen molar-refractivity contribution in [2.24, 2.45) is 0 Å². The number of carbonyl (C=O) groups excluding carboxylic acids is 1. The van der Waals surface area contributed by atoms with Gasteiger partial charge in [-0.05, 0) is 17.5 Å². The average molecular weight is 324 g/mol. The lowest BCUT2D eigenvalue weighted by Crippen LogP contribution is -2.12. The van der Waals surface area contributed by atoms with Crippen LogP contribution in [0.5, 0.6) is 0 Å². The van der Waals surface area contributed by atoms with E-state index in [1.807, 2.05) is 60.7 Å². The Hall–Kier alpha value is -2.09. The summed E-state index contributed by atoms with van der Waals surface area (Å²) in [6, 6.07) is 19.9. The van der Waals surface area contributed by atoms with Crippen molar-refractivity contribution in [3.8, 4) is 0 Å². The third-order valence-corrected chi connectivity index (χ3v) is 4.19. The minimum atomic E-state index is -0.319. The molecule has 0 amide bonds. The van der Waals surface area contributed by atoms with Crippen LogP contribution < -0.4 is 0 Å². The van der Waals surface area contributed by atoms with Crippen molar-refractivity contribution in [3.05, 3.63) is 71.8 Å². The summed E-state index contributed by atoms with van der Waals surface area (Å²) >= 11 is 0. The molecule has 0 radical (unpaired) electrons. The minimum absolute atomic E-state index is 0.108. The Balaban J connectivity index is 1.90. The summed E-state index contributed by atoms with van der Waals surface area (Å²) in [6.07, 6.45) is 7.22. The second kappa shape index (κ2) is 10.6. The molecule has 2 heteroatoms. The number of unbranched alkanes of at least 4 members (excludes halogenated alkanes) is 5. The van der Waals surface area contributed by atoms with E-state index < -0.39 is 0 Å². The van der Waals surface area contributed by atoms with Crippen molar-refractivity contribution in [3.63, 3.8) is 0 Å². The molecule has 128 valence electrons. The van der Waals surface area contributed by atoms with Crippen LogP contribution in [-0.4, -0.2) is 5.97 Å². The normalized spacial score (nSPS) is 10.8. The molecule has 0 spiro atoms. The molecule has 0 aromatic heterocycles. The summed E-state index contributed by atoms with van der Waals surface area (Å²) in [4.78, 5) is 12.3. The molecule has 0 N–H and O–H groups in total. The summed E-state index contributed by atoms with van der Waals surface area (Å²) in [5, 5.41) is 0. The fourth-order valence-electron chi connectivity index (χ4n) is 2.82. The van der Waals surface area contributed by atoms with Crippen molar-refractivity contribution in [2.75, 3.05) is 0 Å². The van der Waals surface area contributed by atoms with Gasteiger partial charge in [0.25, 0.3) is 0 Å². The highest BCUT2D eigenvalue weighted by atomic mass is 16.5. The molecule has 0 aliphatic carbocycles.